The second kappa shape index (κ2) is 6.32. The Hall–Kier alpha value is -1.30. The number of hydrogen-bond donors (Lipinski definition) is 1. The van der Waals surface area contributed by atoms with Gasteiger partial charge in [-0.05, 0) is 19.4 Å². The standard InChI is InChI=1S/C14H19NO/c1-4-5-11-15-14(2,12-16-3)13-9-7-6-8-10-13/h6-10,15H,11-12H2,1-3H3/t14-/m0/s1. The van der Waals surface area contributed by atoms with Crippen LogP contribution < -0.4 is 5.32 Å². The molecule has 1 rings (SSSR count). The van der Waals surface area contributed by atoms with Gasteiger partial charge in [0.05, 0.1) is 18.7 Å². The summed E-state index contributed by atoms with van der Waals surface area (Å²) in [5, 5.41) is 3.42. The molecule has 2 heteroatoms. The lowest BCUT2D eigenvalue weighted by molar-refractivity contribution is 0.121. The number of benzene rings is 1. The van der Waals surface area contributed by atoms with Crippen LogP contribution in [0, 0.1) is 11.8 Å². The third-order valence-corrected chi connectivity index (χ3v) is 2.59. The van der Waals surface area contributed by atoms with E-state index in [1.807, 2.05) is 25.1 Å². The Morgan fingerprint density at radius 2 is 2.00 bits per heavy atom. The van der Waals surface area contributed by atoms with Gasteiger partial charge in [-0.1, -0.05) is 36.3 Å². The van der Waals surface area contributed by atoms with E-state index in [0.29, 0.717) is 13.2 Å². The summed E-state index contributed by atoms with van der Waals surface area (Å²) in [6.07, 6.45) is 0. The van der Waals surface area contributed by atoms with E-state index in [1.165, 1.54) is 5.56 Å². The summed E-state index contributed by atoms with van der Waals surface area (Å²) in [5.41, 5.74) is 1.04. The molecule has 0 spiro atoms. The Bertz CT molecular complexity index is 363. The van der Waals surface area contributed by atoms with Crippen LogP contribution in [-0.4, -0.2) is 20.3 Å². The highest BCUT2D eigenvalue weighted by atomic mass is 16.5. The second-order valence-corrected chi connectivity index (χ2v) is 3.91. The molecule has 1 atom stereocenters. The van der Waals surface area contributed by atoms with E-state index in [9.17, 15) is 0 Å². The van der Waals surface area contributed by atoms with Gasteiger partial charge < -0.3 is 4.74 Å². The van der Waals surface area contributed by atoms with Crippen molar-refractivity contribution in [2.45, 2.75) is 19.4 Å². The fraction of sp³-hybridized carbons (Fsp3) is 0.429. The van der Waals surface area contributed by atoms with Gasteiger partial charge in [0.15, 0.2) is 0 Å². The van der Waals surface area contributed by atoms with Crippen molar-refractivity contribution in [3.8, 4) is 11.8 Å². The zero-order valence-electron chi connectivity index (χ0n) is 10.2. The maximum absolute atomic E-state index is 5.28. The first-order chi connectivity index (χ1) is 7.73. The van der Waals surface area contributed by atoms with Crippen molar-refractivity contribution < 1.29 is 4.74 Å². The maximum atomic E-state index is 5.28. The molecule has 0 amide bonds. The number of hydrogen-bond acceptors (Lipinski definition) is 2. The Morgan fingerprint density at radius 1 is 1.31 bits per heavy atom. The van der Waals surface area contributed by atoms with Crippen LogP contribution in [0.2, 0.25) is 0 Å². The minimum atomic E-state index is -0.181. The van der Waals surface area contributed by atoms with Crippen LogP contribution in [0.15, 0.2) is 30.3 Å². The van der Waals surface area contributed by atoms with E-state index < -0.39 is 0 Å². The van der Waals surface area contributed by atoms with E-state index in [4.69, 9.17) is 4.74 Å². The molecule has 0 fully saturated rings. The first-order valence-corrected chi connectivity index (χ1v) is 5.42. The van der Waals surface area contributed by atoms with Gasteiger partial charge in [-0.15, -0.1) is 5.92 Å². The molecule has 0 aliphatic carbocycles. The molecule has 86 valence electrons. The van der Waals surface area contributed by atoms with Gasteiger partial charge in [0.1, 0.15) is 0 Å². The van der Waals surface area contributed by atoms with E-state index in [0.717, 1.165) is 0 Å². The van der Waals surface area contributed by atoms with Gasteiger partial charge in [-0.3, -0.25) is 5.32 Å². The van der Waals surface area contributed by atoms with Crippen LogP contribution in [0.4, 0.5) is 0 Å². The molecule has 0 aromatic heterocycles. The van der Waals surface area contributed by atoms with Gasteiger partial charge in [0, 0.05) is 7.11 Å². The van der Waals surface area contributed by atoms with E-state index in [1.54, 1.807) is 7.11 Å². The zero-order valence-corrected chi connectivity index (χ0v) is 10.2. The van der Waals surface area contributed by atoms with Crippen LogP contribution in [0.1, 0.15) is 19.4 Å². The molecular formula is C14H19NO. The van der Waals surface area contributed by atoms with Crippen molar-refractivity contribution in [2.75, 3.05) is 20.3 Å². The second-order valence-electron chi connectivity index (χ2n) is 3.91. The van der Waals surface area contributed by atoms with E-state index in [2.05, 4.69) is 36.2 Å². The van der Waals surface area contributed by atoms with Crippen LogP contribution in [-0.2, 0) is 10.3 Å². The number of rotatable bonds is 5. The van der Waals surface area contributed by atoms with Crippen LogP contribution in [0.5, 0.6) is 0 Å². The largest absolute Gasteiger partial charge is 0.382 e. The first-order valence-electron chi connectivity index (χ1n) is 5.42. The summed E-state index contributed by atoms with van der Waals surface area (Å²) in [5.74, 6) is 5.90. The molecular weight excluding hydrogens is 198 g/mol. The SMILES string of the molecule is CC#CCN[C@@](C)(COC)c1ccccc1. The summed E-state index contributed by atoms with van der Waals surface area (Å²) >= 11 is 0. The third kappa shape index (κ3) is 3.37. The highest BCUT2D eigenvalue weighted by Crippen LogP contribution is 2.20. The van der Waals surface area contributed by atoms with Crippen molar-refractivity contribution in [1.29, 1.82) is 0 Å². The topological polar surface area (TPSA) is 21.3 Å². The summed E-state index contributed by atoms with van der Waals surface area (Å²) < 4.78 is 5.28. The summed E-state index contributed by atoms with van der Waals surface area (Å²) in [7, 11) is 1.72. The lowest BCUT2D eigenvalue weighted by Crippen LogP contribution is -2.43. The molecule has 16 heavy (non-hydrogen) atoms. The summed E-state index contributed by atoms with van der Waals surface area (Å²) in [6.45, 7) is 5.27. The van der Waals surface area contributed by atoms with E-state index >= 15 is 0 Å². The minimum absolute atomic E-state index is 0.181. The van der Waals surface area contributed by atoms with Crippen molar-refractivity contribution in [3.63, 3.8) is 0 Å². The lowest BCUT2D eigenvalue weighted by atomic mass is 9.93. The van der Waals surface area contributed by atoms with Gasteiger partial charge in [0.2, 0.25) is 0 Å². The van der Waals surface area contributed by atoms with Crippen LogP contribution in [0.3, 0.4) is 0 Å². The third-order valence-electron chi connectivity index (χ3n) is 2.59. The highest BCUT2D eigenvalue weighted by Gasteiger charge is 2.25. The molecule has 1 aromatic rings. The average molecular weight is 217 g/mol. The molecule has 2 nitrogen and oxygen atoms in total. The molecule has 1 N–H and O–H groups in total. The molecule has 0 saturated carbocycles. The smallest absolute Gasteiger partial charge is 0.0684 e. The number of nitrogens with one attached hydrogen (secondary N) is 1. The van der Waals surface area contributed by atoms with Gasteiger partial charge in [0.25, 0.3) is 0 Å². The molecule has 0 aliphatic heterocycles. The molecule has 0 bridgehead atoms. The molecule has 0 unspecified atom stereocenters. The predicted molar refractivity (Wildman–Crippen MR) is 67.1 cm³/mol. The average Bonchev–Trinajstić information content (AvgIpc) is 2.31. The molecule has 0 aliphatic rings. The molecule has 0 saturated heterocycles. The molecule has 0 heterocycles. The summed E-state index contributed by atoms with van der Waals surface area (Å²) in [6, 6.07) is 10.3. The Kier molecular flexibility index (Phi) is 5.04. The summed E-state index contributed by atoms with van der Waals surface area (Å²) in [4.78, 5) is 0. The Morgan fingerprint density at radius 3 is 2.56 bits per heavy atom. The monoisotopic (exact) mass is 217 g/mol. The minimum Gasteiger partial charge on any atom is -0.382 e. The van der Waals surface area contributed by atoms with Gasteiger partial charge in [-0.25, -0.2) is 0 Å². The van der Waals surface area contributed by atoms with Crippen LogP contribution in [0.25, 0.3) is 0 Å². The Balaban J connectivity index is 2.82. The van der Waals surface area contributed by atoms with Crippen molar-refractivity contribution in [2.24, 2.45) is 0 Å². The fourth-order valence-corrected chi connectivity index (χ4v) is 1.66. The fourth-order valence-electron chi connectivity index (χ4n) is 1.66. The van der Waals surface area contributed by atoms with Gasteiger partial charge >= 0.3 is 0 Å². The quantitative estimate of drug-likeness (QED) is 0.763. The highest BCUT2D eigenvalue weighted by molar-refractivity contribution is 5.24. The van der Waals surface area contributed by atoms with E-state index in [-0.39, 0.29) is 5.54 Å². The predicted octanol–water partition coefficient (Wildman–Crippen LogP) is 2.16. The van der Waals surface area contributed by atoms with Crippen molar-refractivity contribution in [3.05, 3.63) is 35.9 Å². The van der Waals surface area contributed by atoms with Crippen LogP contribution >= 0.6 is 0 Å². The normalized spacial score (nSPS) is 13.7. The van der Waals surface area contributed by atoms with Crippen molar-refractivity contribution >= 4 is 0 Å². The van der Waals surface area contributed by atoms with Crippen molar-refractivity contribution in [1.82, 2.24) is 5.32 Å². The number of ether oxygens (including phenoxy) is 1. The molecule has 0 radical (unpaired) electrons. The first kappa shape index (κ1) is 12.8. The Labute approximate surface area is 98.0 Å². The van der Waals surface area contributed by atoms with Gasteiger partial charge in [-0.2, -0.15) is 0 Å². The zero-order chi connectivity index (χ0) is 11.9. The molecule has 1 aromatic carbocycles. The number of methoxy groups -OCH3 is 1. The lowest BCUT2D eigenvalue weighted by Gasteiger charge is -2.30. The maximum Gasteiger partial charge on any atom is 0.0684 e.